The van der Waals surface area contributed by atoms with E-state index in [1.165, 1.54) is 0 Å². The summed E-state index contributed by atoms with van der Waals surface area (Å²) >= 11 is 0. The van der Waals surface area contributed by atoms with Crippen molar-refractivity contribution in [1.82, 2.24) is 5.32 Å². The summed E-state index contributed by atoms with van der Waals surface area (Å²) < 4.78 is 10.9. The third-order valence-electron chi connectivity index (χ3n) is 2.49. The van der Waals surface area contributed by atoms with Crippen molar-refractivity contribution in [3.63, 3.8) is 0 Å². The smallest absolute Gasteiger partial charge is 0.221 e. The SMILES string of the molecule is COc1ccccc1OC(C)CNC(=O)CC(C)N. The Kier molecular flexibility index (Phi) is 6.15. The number of ether oxygens (including phenoxy) is 2. The van der Waals surface area contributed by atoms with Crippen LogP contribution in [0.4, 0.5) is 0 Å². The largest absolute Gasteiger partial charge is 0.493 e. The summed E-state index contributed by atoms with van der Waals surface area (Å²) in [6.07, 6.45) is 0.176. The van der Waals surface area contributed by atoms with E-state index in [-0.39, 0.29) is 18.1 Å². The summed E-state index contributed by atoms with van der Waals surface area (Å²) in [5.41, 5.74) is 5.55. The average molecular weight is 266 g/mol. The number of carbonyl (C=O) groups is 1. The van der Waals surface area contributed by atoms with Gasteiger partial charge in [0.25, 0.3) is 0 Å². The van der Waals surface area contributed by atoms with Crippen LogP contribution in [0, 0.1) is 0 Å². The maximum absolute atomic E-state index is 11.5. The monoisotopic (exact) mass is 266 g/mol. The van der Waals surface area contributed by atoms with Gasteiger partial charge in [0, 0.05) is 12.5 Å². The molecule has 0 aliphatic heterocycles. The minimum absolute atomic E-state index is 0.0644. The maximum atomic E-state index is 11.5. The predicted octanol–water partition coefficient (Wildman–Crippen LogP) is 1.32. The Balaban J connectivity index is 2.42. The predicted molar refractivity (Wildman–Crippen MR) is 74.4 cm³/mol. The molecule has 0 bridgehead atoms. The molecule has 0 saturated carbocycles. The van der Waals surface area contributed by atoms with Crippen molar-refractivity contribution < 1.29 is 14.3 Å². The Morgan fingerprint density at radius 3 is 2.53 bits per heavy atom. The van der Waals surface area contributed by atoms with E-state index in [0.29, 0.717) is 24.5 Å². The van der Waals surface area contributed by atoms with Crippen LogP contribution in [0.25, 0.3) is 0 Å². The molecule has 1 aromatic rings. The lowest BCUT2D eigenvalue weighted by atomic mass is 10.2. The second kappa shape index (κ2) is 7.63. The van der Waals surface area contributed by atoms with Gasteiger partial charge in [-0.25, -0.2) is 0 Å². The molecule has 5 heteroatoms. The van der Waals surface area contributed by atoms with E-state index < -0.39 is 0 Å². The molecule has 19 heavy (non-hydrogen) atoms. The van der Waals surface area contributed by atoms with Crippen molar-refractivity contribution in [2.24, 2.45) is 5.73 Å². The summed E-state index contributed by atoms with van der Waals surface area (Å²) in [5, 5.41) is 2.79. The molecule has 0 heterocycles. The number of para-hydroxylation sites is 2. The minimum Gasteiger partial charge on any atom is -0.493 e. The highest BCUT2D eigenvalue weighted by Crippen LogP contribution is 2.26. The standard InChI is InChI=1S/C14H22N2O3/c1-10(15)8-14(17)16-9-11(2)19-13-7-5-4-6-12(13)18-3/h4-7,10-11H,8-9,15H2,1-3H3,(H,16,17). The zero-order chi connectivity index (χ0) is 14.3. The Bertz CT molecular complexity index is 407. The maximum Gasteiger partial charge on any atom is 0.221 e. The van der Waals surface area contributed by atoms with Crippen molar-refractivity contribution in [3.8, 4) is 11.5 Å². The third-order valence-corrected chi connectivity index (χ3v) is 2.49. The van der Waals surface area contributed by atoms with Gasteiger partial charge in [-0.05, 0) is 26.0 Å². The van der Waals surface area contributed by atoms with E-state index in [4.69, 9.17) is 15.2 Å². The van der Waals surface area contributed by atoms with Gasteiger partial charge in [-0.1, -0.05) is 12.1 Å². The summed E-state index contributed by atoms with van der Waals surface area (Å²) in [4.78, 5) is 11.5. The number of methoxy groups -OCH3 is 1. The molecule has 1 rings (SSSR count). The van der Waals surface area contributed by atoms with Gasteiger partial charge in [-0.15, -0.1) is 0 Å². The fourth-order valence-corrected chi connectivity index (χ4v) is 1.60. The van der Waals surface area contributed by atoms with Crippen LogP contribution in [0.5, 0.6) is 11.5 Å². The van der Waals surface area contributed by atoms with Crippen LogP contribution in [0.3, 0.4) is 0 Å². The summed E-state index contributed by atoms with van der Waals surface area (Å²) in [6, 6.07) is 7.28. The van der Waals surface area contributed by atoms with Gasteiger partial charge in [0.15, 0.2) is 11.5 Å². The first-order valence-electron chi connectivity index (χ1n) is 6.35. The zero-order valence-corrected chi connectivity index (χ0v) is 11.7. The van der Waals surface area contributed by atoms with Gasteiger partial charge < -0.3 is 20.5 Å². The molecule has 1 amide bonds. The normalized spacial score (nSPS) is 13.5. The molecule has 0 aliphatic carbocycles. The van der Waals surface area contributed by atoms with Gasteiger partial charge in [-0.2, -0.15) is 0 Å². The first-order valence-corrected chi connectivity index (χ1v) is 6.35. The molecule has 0 spiro atoms. The van der Waals surface area contributed by atoms with E-state index in [1.807, 2.05) is 31.2 Å². The van der Waals surface area contributed by atoms with Crippen molar-refractivity contribution in [2.75, 3.05) is 13.7 Å². The van der Waals surface area contributed by atoms with Gasteiger partial charge >= 0.3 is 0 Å². The molecule has 0 aliphatic rings. The van der Waals surface area contributed by atoms with E-state index in [1.54, 1.807) is 14.0 Å². The number of carbonyl (C=O) groups excluding carboxylic acids is 1. The van der Waals surface area contributed by atoms with E-state index in [0.717, 1.165) is 0 Å². The van der Waals surface area contributed by atoms with Gasteiger partial charge in [0.2, 0.25) is 5.91 Å². The van der Waals surface area contributed by atoms with Gasteiger partial charge in [-0.3, -0.25) is 4.79 Å². The number of nitrogens with one attached hydrogen (secondary N) is 1. The molecule has 2 atom stereocenters. The molecule has 1 aromatic carbocycles. The minimum atomic E-state index is -0.145. The summed E-state index contributed by atoms with van der Waals surface area (Å²) in [6.45, 7) is 4.12. The Labute approximate surface area is 114 Å². The fourth-order valence-electron chi connectivity index (χ4n) is 1.60. The first-order chi connectivity index (χ1) is 9.02. The molecule has 106 valence electrons. The second-order valence-corrected chi connectivity index (χ2v) is 4.56. The molecule has 3 N–H and O–H groups in total. The topological polar surface area (TPSA) is 73.6 Å². The van der Waals surface area contributed by atoms with Crippen molar-refractivity contribution in [2.45, 2.75) is 32.4 Å². The Hall–Kier alpha value is -1.75. The number of amides is 1. The molecule has 0 fully saturated rings. The van der Waals surface area contributed by atoms with Gasteiger partial charge in [0.05, 0.1) is 13.7 Å². The summed E-state index contributed by atoms with van der Waals surface area (Å²) in [7, 11) is 1.59. The second-order valence-electron chi connectivity index (χ2n) is 4.56. The van der Waals surface area contributed by atoms with E-state index in [9.17, 15) is 4.79 Å². The van der Waals surface area contributed by atoms with E-state index >= 15 is 0 Å². The number of benzene rings is 1. The number of hydrogen-bond acceptors (Lipinski definition) is 4. The fraction of sp³-hybridized carbons (Fsp3) is 0.500. The quantitative estimate of drug-likeness (QED) is 0.780. The van der Waals surface area contributed by atoms with Crippen LogP contribution >= 0.6 is 0 Å². The van der Waals surface area contributed by atoms with Crippen LogP contribution in [0.2, 0.25) is 0 Å². The number of nitrogens with two attached hydrogens (primary N) is 1. The van der Waals surface area contributed by atoms with Crippen LogP contribution < -0.4 is 20.5 Å². The van der Waals surface area contributed by atoms with Crippen molar-refractivity contribution >= 4 is 5.91 Å². The molecule has 2 unspecified atom stereocenters. The lowest BCUT2D eigenvalue weighted by Crippen LogP contribution is -2.36. The molecular formula is C14H22N2O3. The van der Waals surface area contributed by atoms with E-state index in [2.05, 4.69) is 5.32 Å². The Morgan fingerprint density at radius 1 is 1.32 bits per heavy atom. The lowest BCUT2D eigenvalue weighted by Gasteiger charge is -2.17. The Morgan fingerprint density at radius 2 is 1.95 bits per heavy atom. The van der Waals surface area contributed by atoms with Crippen LogP contribution in [0.1, 0.15) is 20.3 Å². The molecule has 0 radical (unpaired) electrons. The third kappa shape index (κ3) is 5.61. The van der Waals surface area contributed by atoms with Crippen LogP contribution in [0.15, 0.2) is 24.3 Å². The average Bonchev–Trinajstić information content (AvgIpc) is 2.36. The highest BCUT2D eigenvalue weighted by molar-refractivity contribution is 5.76. The van der Waals surface area contributed by atoms with Gasteiger partial charge in [0.1, 0.15) is 6.10 Å². The highest BCUT2D eigenvalue weighted by Gasteiger charge is 2.10. The summed E-state index contributed by atoms with van der Waals surface area (Å²) in [5.74, 6) is 1.28. The molecular weight excluding hydrogens is 244 g/mol. The lowest BCUT2D eigenvalue weighted by molar-refractivity contribution is -0.121. The molecule has 0 aromatic heterocycles. The molecule has 5 nitrogen and oxygen atoms in total. The first kappa shape index (κ1) is 15.3. The number of rotatable bonds is 7. The number of hydrogen-bond donors (Lipinski definition) is 2. The highest BCUT2D eigenvalue weighted by atomic mass is 16.5. The zero-order valence-electron chi connectivity index (χ0n) is 11.7. The molecule has 0 saturated heterocycles. The van der Waals surface area contributed by atoms with Crippen molar-refractivity contribution in [1.29, 1.82) is 0 Å². The van der Waals surface area contributed by atoms with Crippen LogP contribution in [-0.2, 0) is 4.79 Å². The van der Waals surface area contributed by atoms with Crippen LogP contribution in [-0.4, -0.2) is 31.7 Å². The van der Waals surface area contributed by atoms with Crippen molar-refractivity contribution in [3.05, 3.63) is 24.3 Å².